The van der Waals surface area contributed by atoms with E-state index in [4.69, 9.17) is 0 Å². The zero-order valence-corrected chi connectivity index (χ0v) is 12.1. The van der Waals surface area contributed by atoms with Gasteiger partial charge < -0.3 is 9.47 Å². The number of aryl methyl sites for hydroxylation is 1. The summed E-state index contributed by atoms with van der Waals surface area (Å²) in [6.45, 7) is 7.04. The molecule has 2 heterocycles. The first-order valence-corrected chi connectivity index (χ1v) is 7.55. The molecule has 4 heteroatoms. The zero-order chi connectivity index (χ0) is 13.7. The number of rotatable bonds is 6. The van der Waals surface area contributed by atoms with E-state index in [1.807, 2.05) is 12.4 Å². The fourth-order valence-electron chi connectivity index (χ4n) is 2.77. The van der Waals surface area contributed by atoms with Crippen molar-refractivity contribution < 1.29 is 4.79 Å². The molecule has 1 unspecified atom stereocenters. The predicted molar refractivity (Wildman–Crippen MR) is 75.8 cm³/mol. The van der Waals surface area contributed by atoms with E-state index in [9.17, 15) is 4.79 Å². The molecule has 19 heavy (non-hydrogen) atoms. The van der Waals surface area contributed by atoms with Gasteiger partial charge in [0.2, 0.25) is 5.91 Å². The maximum absolute atomic E-state index is 12.6. The Bertz CT molecular complexity index is 413. The highest BCUT2D eigenvalue weighted by Crippen LogP contribution is 2.21. The smallest absolute Gasteiger partial charge is 0.226 e. The molecular formula is C15H25N3O. The number of aromatic nitrogens is 2. The second-order valence-corrected chi connectivity index (χ2v) is 5.41. The molecule has 1 aromatic rings. The van der Waals surface area contributed by atoms with E-state index in [2.05, 4.69) is 28.3 Å². The number of hydrogen-bond donors (Lipinski definition) is 0. The van der Waals surface area contributed by atoms with Crippen LogP contribution in [0.1, 0.15) is 45.4 Å². The molecule has 0 aromatic carbocycles. The van der Waals surface area contributed by atoms with Crippen molar-refractivity contribution in [3.8, 4) is 0 Å². The van der Waals surface area contributed by atoms with Gasteiger partial charge in [-0.3, -0.25) is 4.79 Å². The fourth-order valence-corrected chi connectivity index (χ4v) is 2.77. The molecule has 0 N–H and O–H groups in total. The van der Waals surface area contributed by atoms with Crippen molar-refractivity contribution in [2.45, 2.75) is 52.5 Å². The number of hydrogen-bond acceptors (Lipinski definition) is 2. The summed E-state index contributed by atoms with van der Waals surface area (Å²) in [6.07, 6.45) is 8.89. The highest BCUT2D eigenvalue weighted by molar-refractivity contribution is 5.79. The van der Waals surface area contributed by atoms with Crippen molar-refractivity contribution in [1.29, 1.82) is 0 Å². The van der Waals surface area contributed by atoms with E-state index in [0.29, 0.717) is 5.91 Å². The lowest BCUT2D eigenvalue weighted by Crippen LogP contribution is -2.40. The Labute approximate surface area is 115 Å². The second-order valence-electron chi connectivity index (χ2n) is 5.41. The third-order valence-corrected chi connectivity index (χ3v) is 3.89. The van der Waals surface area contributed by atoms with E-state index in [-0.39, 0.29) is 5.92 Å². The molecule has 0 spiro atoms. The average molecular weight is 263 g/mol. The first kappa shape index (κ1) is 14.1. The first-order chi connectivity index (χ1) is 9.26. The SMILES string of the molecule is CCCCN(CCC)C(=O)C1CCn2ccnc2C1. The summed E-state index contributed by atoms with van der Waals surface area (Å²) in [5.74, 6) is 1.54. The van der Waals surface area contributed by atoms with Crippen LogP contribution in [-0.4, -0.2) is 33.4 Å². The molecule has 106 valence electrons. The predicted octanol–water partition coefficient (Wildman–Crippen LogP) is 2.48. The van der Waals surface area contributed by atoms with Crippen molar-refractivity contribution in [1.82, 2.24) is 14.5 Å². The van der Waals surface area contributed by atoms with Gasteiger partial charge in [-0.15, -0.1) is 0 Å². The molecule has 1 aromatic heterocycles. The van der Waals surface area contributed by atoms with E-state index in [0.717, 1.165) is 57.6 Å². The molecule has 1 atom stereocenters. The highest BCUT2D eigenvalue weighted by Gasteiger charge is 2.28. The molecule has 4 nitrogen and oxygen atoms in total. The Morgan fingerprint density at radius 2 is 2.26 bits per heavy atom. The lowest BCUT2D eigenvalue weighted by Gasteiger charge is -2.29. The standard InChI is InChI=1S/C15H25N3O/c1-3-5-9-18(8-4-2)15(19)13-6-10-17-11-7-16-14(17)12-13/h7,11,13H,3-6,8-10,12H2,1-2H3. The van der Waals surface area contributed by atoms with E-state index in [1.165, 1.54) is 0 Å². The third kappa shape index (κ3) is 3.37. The van der Waals surface area contributed by atoms with E-state index in [1.54, 1.807) is 0 Å². The summed E-state index contributed by atoms with van der Waals surface area (Å²) in [5, 5.41) is 0. The summed E-state index contributed by atoms with van der Waals surface area (Å²) in [4.78, 5) is 19.0. The number of fused-ring (bicyclic) bond motifs is 1. The maximum Gasteiger partial charge on any atom is 0.226 e. The molecule has 1 aliphatic heterocycles. The van der Waals surface area contributed by atoms with Gasteiger partial charge >= 0.3 is 0 Å². The van der Waals surface area contributed by atoms with Gasteiger partial charge in [0.25, 0.3) is 0 Å². The van der Waals surface area contributed by atoms with Crippen molar-refractivity contribution in [2.75, 3.05) is 13.1 Å². The number of carbonyl (C=O) groups excluding carboxylic acids is 1. The summed E-state index contributed by atoms with van der Waals surface area (Å²) in [5.41, 5.74) is 0. The van der Waals surface area contributed by atoms with Gasteiger partial charge in [0.15, 0.2) is 0 Å². The van der Waals surface area contributed by atoms with Crippen molar-refractivity contribution in [3.63, 3.8) is 0 Å². The molecule has 1 aliphatic rings. The maximum atomic E-state index is 12.6. The van der Waals surface area contributed by atoms with Crippen molar-refractivity contribution in [3.05, 3.63) is 18.2 Å². The molecule has 1 amide bonds. The molecule has 0 saturated heterocycles. The van der Waals surface area contributed by atoms with Crippen LogP contribution in [0.3, 0.4) is 0 Å². The van der Waals surface area contributed by atoms with Gasteiger partial charge in [0.05, 0.1) is 0 Å². The monoisotopic (exact) mass is 263 g/mol. The van der Waals surface area contributed by atoms with Gasteiger partial charge in [0, 0.05) is 44.4 Å². The van der Waals surface area contributed by atoms with Crippen LogP contribution in [0.15, 0.2) is 12.4 Å². The van der Waals surface area contributed by atoms with Crippen LogP contribution in [0, 0.1) is 5.92 Å². The van der Waals surface area contributed by atoms with Gasteiger partial charge in [-0.2, -0.15) is 0 Å². The Balaban J connectivity index is 1.98. The fraction of sp³-hybridized carbons (Fsp3) is 0.733. The minimum absolute atomic E-state index is 0.137. The van der Waals surface area contributed by atoms with Crippen LogP contribution in [0.25, 0.3) is 0 Å². The Morgan fingerprint density at radius 3 is 3.00 bits per heavy atom. The van der Waals surface area contributed by atoms with Crippen molar-refractivity contribution in [2.24, 2.45) is 5.92 Å². The molecule has 0 fully saturated rings. The second kappa shape index (κ2) is 6.73. The molecule has 0 saturated carbocycles. The minimum Gasteiger partial charge on any atom is -0.342 e. The molecule has 0 bridgehead atoms. The summed E-state index contributed by atoms with van der Waals surface area (Å²) in [6, 6.07) is 0. The number of nitrogens with zero attached hydrogens (tertiary/aromatic N) is 3. The lowest BCUT2D eigenvalue weighted by atomic mass is 9.96. The minimum atomic E-state index is 0.137. The summed E-state index contributed by atoms with van der Waals surface area (Å²) >= 11 is 0. The number of amides is 1. The van der Waals surface area contributed by atoms with Crippen molar-refractivity contribution >= 4 is 5.91 Å². The largest absolute Gasteiger partial charge is 0.342 e. The average Bonchev–Trinajstić information content (AvgIpc) is 2.90. The van der Waals surface area contributed by atoms with Gasteiger partial charge in [0.1, 0.15) is 5.82 Å². The lowest BCUT2D eigenvalue weighted by molar-refractivity contribution is -0.136. The summed E-state index contributed by atoms with van der Waals surface area (Å²) < 4.78 is 2.17. The molecule has 2 rings (SSSR count). The van der Waals surface area contributed by atoms with Gasteiger partial charge in [-0.1, -0.05) is 20.3 Å². The molecular weight excluding hydrogens is 238 g/mol. The number of imidazole rings is 1. The quantitative estimate of drug-likeness (QED) is 0.791. The first-order valence-electron chi connectivity index (χ1n) is 7.55. The van der Waals surface area contributed by atoms with Crippen LogP contribution >= 0.6 is 0 Å². The summed E-state index contributed by atoms with van der Waals surface area (Å²) in [7, 11) is 0. The Morgan fingerprint density at radius 1 is 1.42 bits per heavy atom. The van der Waals surface area contributed by atoms with E-state index >= 15 is 0 Å². The van der Waals surface area contributed by atoms with Crippen LogP contribution in [0.5, 0.6) is 0 Å². The number of carbonyl (C=O) groups is 1. The van der Waals surface area contributed by atoms with E-state index < -0.39 is 0 Å². The van der Waals surface area contributed by atoms with Crippen LogP contribution in [0.4, 0.5) is 0 Å². The normalized spacial score (nSPS) is 18.1. The van der Waals surface area contributed by atoms with Gasteiger partial charge in [-0.25, -0.2) is 4.98 Å². The molecule has 0 aliphatic carbocycles. The Kier molecular flexibility index (Phi) is 5.00. The van der Waals surface area contributed by atoms with Crippen LogP contribution < -0.4 is 0 Å². The van der Waals surface area contributed by atoms with Gasteiger partial charge in [-0.05, 0) is 19.3 Å². The topological polar surface area (TPSA) is 38.1 Å². The Hall–Kier alpha value is -1.32. The third-order valence-electron chi connectivity index (χ3n) is 3.89. The number of unbranched alkanes of at least 4 members (excludes halogenated alkanes) is 1. The zero-order valence-electron chi connectivity index (χ0n) is 12.1. The molecule has 0 radical (unpaired) electrons. The van der Waals surface area contributed by atoms with Crippen LogP contribution in [0.2, 0.25) is 0 Å². The highest BCUT2D eigenvalue weighted by atomic mass is 16.2. The van der Waals surface area contributed by atoms with Crippen LogP contribution in [-0.2, 0) is 17.8 Å².